The van der Waals surface area contributed by atoms with Crippen molar-refractivity contribution in [2.45, 2.75) is 32.2 Å². The Morgan fingerprint density at radius 1 is 1.37 bits per heavy atom. The van der Waals surface area contributed by atoms with E-state index in [1.54, 1.807) is 12.1 Å². The van der Waals surface area contributed by atoms with E-state index in [2.05, 4.69) is 5.10 Å². The van der Waals surface area contributed by atoms with Crippen LogP contribution in [0, 0.1) is 12.7 Å². The van der Waals surface area contributed by atoms with Gasteiger partial charge in [0.2, 0.25) is 0 Å². The summed E-state index contributed by atoms with van der Waals surface area (Å²) in [5.41, 5.74) is 8.28. The van der Waals surface area contributed by atoms with E-state index in [4.69, 9.17) is 5.73 Å². The number of aromatic nitrogens is 2. The fourth-order valence-electron chi connectivity index (χ4n) is 2.43. The summed E-state index contributed by atoms with van der Waals surface area (Å²) in [6.07, 6.45) is 1.24. The third kappa shape index (κ3) is 2.68. The second-order valence-electron chi connectivity index (χ2n) is 5.07. The van der Waals surface area contributed by atoms with Crippen molar-refractivity contribution in [1.29, 1.82) is 0 Å². The Morgan fingerprint density at radius 3 is 2.58 bits per heavy atom. The Balaban J connectivity index is 2.38. The van der Waals surface area contributed by atoms with Crippen LogP contribution in [0.1, 0.15) is 30.3 Å². The maximum Gasteiger partial charge on any atom is 0.128 e. The van der Waals surface area contributed by atoms with E-state index in [0.717, 1.165) is 11.4 Å². The van der Waals surface area contributed by atoms with Gasteiger partial charge in [0.15, 0.2) is 0 Å². The predicted molar refractivity (Wildman–Crippen MR) is 74.2 cm³/mol. The van der Waals surface area contributed by atoms with Crippen molar-refractivity contribution in [3.05, 3.63) is 53.1 Å². The van der Waals surface area contributed by atoms with E-state index in [1.165, 1.54) is 6.07 Å². The van der Waals surface area contributed by atoms with E-state index < -0.39 is 5.54 Å². The smallest absolute Gasteiger partial charge is 0.128 e. The molecule has 1 unspecified atom stereocenters. The number of aryl methyl sites for hydroxylation is 2. The quantitative estimate of drug-likeness (QED) is 0.919. The van der Waals surface area contributed by atoms with Crippen molar-refractivity contribution in [2.24, 2.45) is 12.8 Å². The zero-order valence-electron chi connectivity index (χ0n) is 11.7. The number of hydrogen-bond donors (Lipinski definition) is 1. The highest BCUT2D eigenvalue weighted by Crippen LogP contribution is 2.28. The molecule has 0 fully saturated rings. The van der Waals surface area contributed by atoms with Gasteiger partial charge in [-0.15, -0.1) is 0 Å². The fourth-order valence-corrected chi connectivity index (χ4v) is 2.43. The van der Waals surface area contributed by atoms with Gasteiger partial charge in [0.1, 0.15) is 5.82 Å². The molecule has 3 nitrogen and oxygen atoms in total. The maximum atomic E-state index is 14.0. The fraction of sp³-hybridized carbons (Fsp3) is 0.400. The molecule has 0 aliphatic carbocycles. The third-order valence-electron chi connectivity index (χ3n) is 3.64. The number of nitrogens with zero attached hydrogens (tertiary/aromatic N) is 2. The van der Waals surface area contributed by atoms with Crippen molar-refractivity contribution in [3.63, 3.8) is 0 Å². The minimum Gasteiger partial charge on any atom is -0.321 e. The lowest BCUT2D eigenvalue weighted by Gasteiger charge is -2.29. The molecule has 0 amide bonds. The lowest BCUT2D eigenvalue weighted by molar-refractivity contribution is 0.392. The van der Waals surface area contributed by atoms with Gasteiger partial charge in [0.05, 0.1) is 5.69 Å². The first kappa shape index (κ1) is 13.7. The van der Waals surface area contributed by atoms with Crippen LogP contribution in [-0.4, -0.2) is 9.78 Å². The van der Waals surface area contributed by atoms with E-state index in [1.807, 2.05) is 37.7 Å². The van der Waals surface area contributed by atoms with Crippen molar-refractivity contribution in [3.8, 4) is 0 Å². The molecule has 102 valence electrons. The predicted octanol–water partition coefficient (Wildman–Crippen LogP) is 2.67. The van der Waals surface area contributed by atoms with Crippen molar-refractivity contribution >= 4 is 0 Å². The van der Waals surface area contributed by atoms with Crippen molar-refractivity contribution in [1.82, 2.24) is 9.78 Å². The van der Waals surface area contributed by atoms with Crippen LogP contribution < -0.4 is 5.73 Å². The Labute approximate surface area is 113 Å². The van der Waals surface area contributed by atoms with Gasteiger partial charge in [0.25, 0.3) is 0 Å². The molecule has 1 aromatic carbocycles. The van der Waals surface area contributed by atoms with Crippen molar-refractivity contribution < 1.29 is 4.39 Å². The second-order valence-corrected chi connectivity index (χ2v) is 5.07. The van der Waals surface area contributed by atoms with Crippen LogP contribution in [0.3, 0.4) is 0 Å². The third-order valence-corrected chi connectivity index (χ3v) is 3.64. The van der Waals surface area contributed by atoms with Crippen LogP contribution in [-0.2, 0) is 19.0 Å². The first-order valence-electron chi connectivity index (χ1n) is 6.49. The van der Waals surface area contributed by atoms with E-state index in [0.29, 0.717) is 18.4 Å². The highest BCUT2D eigenvalue weighted by atomic mass is 19.1. The molecule has 0 spiro atoms. The number of nitrogens with two attached hydrogens (primary N) is 1. The van der Waals surface area contributed by atoms with Gasteiger partial charge >= 0.3 is 0 Å². The van der Waals surface area contributed by atoms with Gasteiger partial charge < -0.3 is 5.73 Å². The Bertz CT molecular complexity index is 577. The molecule has 2 N–H and O–H groups in total. The van der Waals surface area contributed by atoms with Crippen LogP contribution >= 0.6 is 0 Å². The van der Waals surface area contributed by atoms with Crippen LogP contribution in [0.5, 0.6) is 0 Å². The minimum atomic E-state index is -0.703. The van der Waals surface area contributed by atoms with Gasteiger partial charge in [-0.05, 0) is 25.5 Å². The topological polar surface area (TPSA) is 43.8 Å². The van der Waals surface area contributed by atoms with Gasteiger partial charge in [-0.1, -0.05) is 25.1 Å². The maximum absolute atomic E-state index is 14.0. The normalized spacial score (nSPS) is 14.4. The summed E-state index contributed by atoms with van der Waals surface area (Å²) < 4.78 is 15.8. The van der Waals surface area contributed by atoms with Gasteiger partial charge in [-0.2, -0.15) is 5.10 Å². The summed E-state index contributed by atoms with van der Waals surface area (Å²) in [7, 11) is 1.89. The van der Waals surface area contributed by atoms with E-state index in [9.17, 15) is 4.39 Å². The average molecular weight is 261 g/mol. The molecule has 0 saturated carbocycles. The second kappa shape index (κ2) is 5.13. The van der Waals surface area contributed by atoms with Crippen LogP contribution in [0.25, 0.3) is 0 Å². The van der Waals surface area contributed by atoms with Crippen LogP contribution in [0.2, 0.25) is 0 Å². The molecule has 1 aromatic heterocycles. The molecule has 0 aliphatic rings. The lowest BCUT2D eigenvalue weighted by atomic mass is 9.83. The first-order valence-corrected chi connectivity index (χ1v) is 6.49. The highest BCUT2D eigenvalue weighted by Gasteiger charge is 2.29. The molecule has 1 atom stereocenters. The molecule has 19 heavy (non-hydrogen) atoms. The van der Waals surface area contributed by atoms with Crippen LogP contribution in [0.15, 0.2) is 30.3 Å². The largest absolute Gasteiger partial charge is 0.321 e. The number of rotatable bonds is 4. The Kier molecular flexibility index (Phi) is 3.71. The molecule has 0 aliphatic heterocycles. The summed E-state index contributed by atoms with van der Waals surface area (Å²) >= 11 is 0. The summed E-state index contributed by atoms with van der Waals surface area (Å²) in [6, 6.07) is 8.73. The summed E-state index contributed by atoms with van der Waals surface area (Å²) in [4.78, 5) is 0. The summed E-state index contributed by atoms with van der Waals surface area (Å²) in [5, 5.41) is 4.31. The molecule has 0 saturated heterocycles. The van der Waals surface area contributed by atoms with Gasteiger partial charge in [-0.25, -0.2) is 4.39 Å². The molecule has 0 radical (unpaired) electrons. The Morgan fingerprint density at radius 2 is 2.05 bits per heavy atom. The average Bonchev–Trinajstić information content (AvgIpc) is 2.68. The summed E-state index contributed by atoms with van der Waals surface area (Å²) in [5.74, 6) is -0.245. The van der Waals surface area contributed by atoms with E-state index in [-0.39, 0.29) is 5.82 Å². The zero-order valence-corrected chi connectivity index (χ0v) is 11.7. The molecule has 1 heterocycles. The molecule has 2 aromatic rings. The number of benzene rings is 1. The van der Waals surface area contributed by atoms with E-state index >= 15 is 0 Å². The lowest BCUT2D eigenvalue weighted by Crippen LogP contribution is -2.39. The van der Waals surface area contributed by atoms with Crippen molar-refractivity contribution in [2.75, 3.05) is 0 Å². The monoisotopic (exact) mass is 261 g/mol. The zero-order chi connectivity index (χ0) is 14.0. The SMILES string of the molecule is CCC(N)(Cc1cc(C)nn1C)c1ccccc1F. The molecular weight excluding hydrogens is 241 g/mol. The van der Waals surface area contributed by atoms with Crippen LogP contribution in [0.4, 0.5) is 4.39 Å². The molecule has 4 heteroatoms. The number of halogens is 1. The molecule has 0 bridgehead atoms. The first-order chi connectivity index (χ1) is 8.96. The minimum absolute atomic E-state index is 0.245. The molecule has 2 rings (SSSR count). The van der Waals surface area contributed by atoms with Gasteiger partial charge in [0, 0.05) is 30.3 Å². The molecular formula is C15H20FN3. The number of hydrogen-bond acceptors (Lipinski definition) is 2. The standard InChI is InChI=1S/C15H20FN3/c1-4-15(17,13-7-5-6-8-14(13)16)10-12-9-11(2)18-19(12)3/h5-9H,4,10,17H2,1-3H3. The van der Waals surface area contributed by atoms with Gasteiger partial charge in [-0.3, -0.25) is 4.68 Å². The summed E-state index contributed by atoms with van der Waals surface area (Å²) in [6.45, 7) is 3.92. The Hall–Kier alpha value is -1.68. The highest BCUT2D eigenvalue weighted by molar-refractivity contribution is 5.28.